The smallest absolute Gasteiger partial charge is 0.305 e. The molecule has 1 aromatic rings. The molecule has 5 nitrogen and oxygen atoms in total. The topological polar surface area (TPSA) is 64.6 Å². The van der Waals surface area contributed by atoms with Crippen LogP contribution in [0, 0.1) is 0 Å². The lowest BCUT2D eigenvalue weighted by Crippen LogP contribution is -2.29. The highest BCUT2D eigenvalue weighted by Crippen LogP contribution is 2.16. The zero-order valence-corrected chi connectivity index (χ0v) is 12.8. The lowest BCUT2D eigenvalue weighted by Gasteiger charge is -2.07. The molecule has 0 aliphatic carbocycles. The van der Waals surface area contributed by atoms with Crippen LogP contribution in [0.2, 0.25) is 5.02 Å². The summed E-state index contributed by atoms with van der Waals surface area (Å²) < 4.78 is 9.86. The van der Waals surface area contributed by atoms with Crippen molar-refractivity contribution in [3.8, 4) is 5.75 Å². The molecule has 0 unspecified atom stereocenters. The van der Waals surface area contributed by atoms with Gasteiger partial charge in [0.25, 0.3) is 5.91 Å². The molecule has 1 N–H and O–H groups in total. The third kappa shape index (κ3) is 8.19. The van der Waals surface area contributed by atoms with Crippen LogP contribution >= 0.6 is 11.6 Å². The second-order valence-electron chi connectivity index (χ2n) is 4.48. The van der Waals surface area contributed by atoms with Gasteiger partial charge in [0, 0.05) is 18.0 Å². The number of esters is 1. The van der Waals surface area contributed by atoms with Crippen LogP contribution in [0.5, 0.6) is 5.75 Å². The molecule has 0 saturated heterocycles. The molecule has 0 aliphatic rings. The Balaban J connectivity index is 2.05. The highest BCUT2D eigenvalue weighted by atomic mass is 35.5. The van der Waals surface area contributed by atoms with Crippen LogP contribution in [0.4, 0.5) is 0 Å². The van der Waals surface area contributed by atoms with E-state index in [0.717, 1.165) is 19.3 Å². The van der Waals surface area contributed by atoms with Crippen LogP contribution in [0.1, 0.15) is 25.7 Å². The van der Waals surface area contributed by atoms with Crippen LogP contribution in [0.25, 0.3) is 0 Å². The third-order valence-corrected chi connectivity index (χ3v) is 3.01. The summed E-state index contributed by atoms with van der Waals surface area (Å²) in [5, 5.41) is 3.32. The van der Waals surface area contributed by atoms with E-state index < -0.39 is 0 Å². The molecule has 0 aliphatic heterocycles. The number of halogens is 1. The van der Waals surface area contributed by atoms with Crippen molar-refractivity contribution in [2.75, 3.05) is 20.3 Å². The van der Waals surface area contributed by atoms with Crippen LogP contribution < -0.4 is 10.1 Å². The maximum atomic E-state index is 11.5. The number of amides is 1. The van der Waals surface area contributed by atoms with Gasteiger partial charge in [0.15, 0.2) is 6.61 Å². The van der Waals surface area contributed by atoms with Gasteiger partial charge >= 0.3 is 5.97 Å². The fourth-order valence-corrected chi connectivity index (χ4v) is 1.84. The predicted octanol–water partition coefficient (Wildman–Crippen LogP) is 2.57. The summed E-state index contributed by atoms with van der Waals surface area (Å²) in [6.45, 7) is 0.529. The average Bonchev–Trinajstić information content (AvgIpc) is 2.48. The molecule has 0 heterocycles. The Morgan fingerprint density at radius 3 is 2.76 bits per heavy atom. The second-order valence-corrected chi connectivity index (χ2v) is 4.92. The molecule has 1 rings (SSSR count). The molecule has 116 valence electrons. The van der Waals surface area contributed by atoms with Gasteiger partial charge in [-0.3, -0.25) is 9.59 Å². The molecule has 21 heavy (non-hydrogen) atoms. The minimum Gasteiger partial charge on any atom is -0.484 e. The van der Waals surface area contributed by atoms with Crippen molar-refractivity contribution in [2.45, 2.75) is 25.7 Å². The number of methoxy groups -OCH3 is 1. The summed E-state index contributed by atoms with van der Waals surface area (Å²) in [6.07, 6.45) is 2.87. The molecule has 0 spiro atoms. The average molecular weight is 314 g/mol. The van der Waals surface area contributed by atoms with E-state index in [9.17, 15) is 9.59 Å². The van der Waals surface area contributed by atoms with Crippen LogP contribution in [0.15, 0.2) is 24.3 Å². The van der Waals surface area contributed by atoms with Gasteiger partial charge in [0.1, 0.15) is 5.75 Å². The number of carbonyl (C=O) groups is 2. The highest BCUT2D eigenvalue weighted by molar-refractivity contribution is 6.30. The molecular weight excluding hydrogens is 294 g/mol. The zero-order chi connectivity index (χ0) is 15.5. The minimum atomic E-state index is -0.200. The third-order valence-electron chi connectivity index (χ3n) is 2.77. The molecule has 0 aromatic heterocycles. The van der Waals surface area contributed by atoms with Crippen molar-refractivity contribution in [1.82, 2.24) is 5.32 Å². The summed E-state index contributed by atoms with van der Waals surface area (Å²) in [5.74, 6) is 0.188. The molecular formula is C15H20ClNO4. The fourth-order valence-electron chi connectivity index (χ4n) is 1.66. The monoisotopic (exact) mass is 313 g/mol. The van der Waals surface area contributed by atoms with Crippen LogP contribution in [0.3, 0.4) is 0 Å². The van der Waals surface area contributed by atoms with E-state index >= 15 is 0 Å². The lowest BCUT2D eigenvalue weighted by atomic mass is 10.2. The number of hydrogen-bond acceptors (Lipinski definition) is 4. The van der Waals surface area contributed by atoms with E-state index in [4.69, 9.17) is 16.3 Å². The van der Waals surface area contributed by atoms with Gasteiger partial charge in [0.05, 0.1) is 7.11 Å². The molecule has 0 radical (unpaired) electrons. The Labute approximate surface area is 129 Å². The predicted molar refractivity (Wildman–Crippen MR) is 80.4 cm³/mol. The fraction of sp³-hybridized carbons (Fsp3) is 0.467. The van der Waals surface area contributed by atoms with E-state index in [0.29, 0.717) is 23.7 Å². The second kappa shape index (κ2) is 10.0. The molecule has 0 bridgehead atoms. The minimum absolute atomic E-state index is 0.0392. The first-order chi connectivity index (χ1) is 10.1. The molecule has 6 heteroatoms. The maximum absolute atomic E-state index is 11.5. The highest BCUT2D eigenvalue weighted by Gasteiger charge is 2.03. The van der Waals surface area contributed by atoms with Crippen LogP contribution in [-0.2, 0) is 14.3 Å². The zero-order valence-electron chi connectivity index (χ0n) is 12.1. The van der Waals surface area contributed by atoms with E-state index in [1.54, 1.807) is 24.3 Å². The van der Waals surface area contributed by atoms with E-state index in [2.05, 4.69) is 10.1 Å². The van der Waals surface area contributed by atoms with Crippen molar-refractivity contribution in [2.24, 2.45) is 0 Å². The Hall–Kier alpha value is -1.75. The van der Waals surface area contributed by atoms with Crippen molar-refractivity contribution in [3.05, 3.63) is 29.3 Å². The van der Waals surface area contributed by atoms with Crippen molar-refractivity contribution in [1.29, 1.82) is 0 Å². The Morgan fingerprint density at radius 2 is 2.05 bits per heavy atom. The molecule has 1 aromatic carbocycles. The Morgan fingerprint density at radius 1 is 1.24 bits per heavy atom. The first-order valence-electron chi connectivity index (χ1n) is 6.83. The van der Waals surface area contributed by atoms with Crippen molar-refractivity contribution < 1.29 is 19.1 Å². The quantitative estimate of drug-likeness (QED) is 0.562. The first-order valence-corrected chi connectivity index (χ1v) is 7.21. The van der Waals surface area contributed by atoms with E-state index in [-0.39, 0.29) is 18.5 Å². The number of rotatable bonds is 9. The number of carbonyl (C=O) groups excluding carboxylic acids is 2. The molecule has 0 fully saturated rings. The molecule has 0 atom stereocenters. The maximum Gasteiger partial charge on any atom is 0.305 e. The van der Waals surface area contributed by atoms with E-state index in [1.165, 1.54) is 7.11 Å². The first kappa shape index (κ1) is 17.3. The summed E-state index contributed by atoms with van der Waals surface area (Å²) in [7, 11) is 1.38. The summed E-state index contributed by atoms with van der Waals surface area (Å²) in [6, 6.07) is 6.90. The molecule has 1 amide bonds. The summed E-state index contributed by atoms with van der Waals surface area (Å²) in [5.41, 5.74) is 0. The SMILES string of the molecule is COC(=O)CCCCCNC(=O)COc1cccc(Cl)c1. The van der Waals surface area contributed by atoms with Crippen molar-refractivity contribution in [3.63, 3.8) is 0 Å². The summed E-state index contributed by atoms with van der Waals surface area (Å²) in [4.78, 5) is 22.4. The number of ether oxygens (including phenoxy) is 2. The van der Waals surface area contributed by atoms with Gasteiger partial charge in [-0.25, -0.2) is 0 Å². The van der Waals surface area contributed by atoms with Gasteiger partial charge in [-0.2, -0.15) is 0 Å². The van der Waals surface area contributed by atoms with Crippen molar-refractivity contribution >= 4 is 23.5 Å². The number of hydrogen-bond donors (Lipinski definition) is 1. The normalized spacial score (nSPS) is 10.0. The van der Waals surface area contributed by atoms with E-state index in [1.807, 2.05) is 0 Å². The van der Waals surface area contributed by atoms with Gasteiger partial charge in [-0.1, -0.05) is 24.1 Å². The largest absolute Gasteiger partial charge is 0.484 e. The number of nitrogens with one attached hydrogen (secondary N) is 1. The molecule has 0 saturated carbocycles. The van der Waals surface area contributed by atoms with Gasteiger partial charge in [-0.05, 0) is 31.0 Å². The van der Waals surface area contributed by atoms with Gasteiger partial charge < -0.3 is 14.8 Å². The Bertz CT molecular complexity index is 465. The number of benzene rings is 1. The van der Waals surface area contributed by atoms with Gasteiger partial charge in [0.2, 0.25) is 0 Å². The van der Waals surface area contributed by atoms with Crippen LogP contribution in [-0.4, -0.2) is 32.1 Å². The lowest BCUT2D eigenvalue weighted by molar-refractivity contribution is -0.140. The van der Waals surface area contributed by atoms with Gasteiger partial charge in [-0.15, -0.1) is 0 Å². The Kier molecular flexibility index (Phi) is 8.28. The number of unbranched alkanes of at least 4 members (excludes halogenated alkanes) is 2. The summed E-state index contributed by atoms with van der Waals surface area (Å²) >= 11 is 5.81. The standard InChI is InChI=1S/C15H20ClNO4/c1-20-15(19)8-3-2-4-9-17-14(18)11-21-13-7-5-6-12(16)10-13/h5-7,10H,2-4,8-9,11H2,1H3,(H,17,18).